The lowest BCUT2D eigenvalue weighted by Gasteiger charge is -2.17. The first-order valence-electron chi connectivity index (χ1n) is 6.38. The van der Waals surface area contributed by atoms with E-state index in [0.29, 0.717) is 18.2 Å². The zero-order valence-corrected chi connectivity index (χ0v) is 12.1. The Balaban J connectivity index is 1.92. The molecule has 0 radical (unpaired) electrons. The van der Waals surface area contributed by atoms with Gasteiger partial charge in [0.25, 0.3) is 0 Å². The van der Waals surface area contributed by atoms with E-state index in [1.807, 2.05) is 23.8 Å². The van der Waals surface area contributed by atoms with Crippen LogP contribution < -0.4 is 0 Å². The largest absolute Gasteiger partial charge is 0.461 e. The van der Waals surface area contributed by atoms with Crippen LogP contribution >= 0.6 is 15.9 Å². The molecule has 3 nitrogen and oxygen atoms in total. The highest BCUT2D eigenvalue weighted by molar-refractivity contribution is 9.10. The number of allylic oxidation sites excluding steroid dienone is 2. The highest BCUT2D eigenvalue weighted by Crippen LogP contribution is 2.20. The maximum Gasteiger partial charge on any atom is 0.354 e. The van der Waals surface area contributed by atoms with Gasteiger partial charge in [-0.15, -0.1) is 0 Å². The maximum absolute atomic E-state index is 12.0. The predicted octanol–water partition coefficient (Wildman–Crippen LogP) is 3.78. The van der Waals surface area contributed by atoms with Crippen molar-refractivity contribution in [1.29, 1.82) is 0 Å². The fourth-order valence-corrected chi connectivity index (χ4v) is 2.65. The molecule has 0 N–H and O–H groups in total. The van der Waals surface area contributed by atoms with Crippen LogP contribution in [0.4, 0.5) is 0 Å². The van der Waals surface area contributed by atoms with Gasteiger partial charge in [0, 0.05) is 17.2 Å². The van der Waals surface area contributed by atoms with Gasteiger partial charge in [0.05, 0.1) is 6.61 Å². The van der Waals surface area contributed by atoms with Crippen LogP contribution in [0.2, 0.25) is 0 Å². The van der Waals surface area contributed by atoms with E-state index in [1.165, 1.54) is 0 Å². The van der Waals surface area contributed by atoms with Crippen molar-refractivity contribution in [2.75, 3.05) is 6.61 Å². The molecule has 0 spiro atoms. The molecular formula is C14H18BrNO2. The average Bonchev–Trinajstić information content (AvgIpc) is 2.78. The van der Waals surface area contributed by atoms with Crippen molar-refractivity contribution in [2.24, 2.45) is 5.92 Å². The summed E-state index contributed by atoms with van der Waals surface area (Å²) in [7, 11) is 0. The second-order valence-corrected chi connectivity index (χ2v) is 5.49. The van der Waals surface area contributed by atoms with E-state index < -0.39 is 0 Å². The minimum atomic E-state index is -0.225. The van der Waals surface area contributed by atoms with Crippen molar-refractivity contribution in [3.8, 4) is 0 Å². The third-order valence-electron chi connectivity index (χ3n) is 3.24. The zero-order chi connectivity index (χ0) is 13.0. The van der Waals surface area contributed by atoms with E-state index >= 15 is 0 Å². The van der Waals surface area contributed by atoms with Gasteiger partial charge in [-0.3, -0.25) is 0 Å². The van der Waals surface area contributed by atoms with E-state index in [-0.39, 0.29) is 5.97 Å². The lowest BCUT2D eigenvalue weighted by atomic mass is 9.95. The molecule has 1 unspecified atom stereocenters. The van der Waals surface area contributed by atoms with E-state index in [2.05, 4.69) is 28.1 Å². The van der Waals surface area contributed by atoms with Gasteiger partial charge in [0.15, 0.2) is 0 Å². The number of carbonyl (C=O) groups is 1. The number of hydrogen-bond acceptors (Lipinski definition) is 2. The van der Waals surface area contributed by atoms with Crippen molar-refractivity contribution in [1.82, 2.24) is 4.57 Å². The second kappa shape index (κ2) is 6.23. The molecule has 2 rings (SSSR count). The Labute approximate surface area is 116 Å². The molecule has 4 heteroatoms. The third-order valence-corrected chi connectivity index (χ3v) is 3.67. The summed E-state index contributed by atoms with van der Waals surface area (Å²) in [5.41, 5.74) is 0.621. The average molecular weight is 312 g/mol. The lowest BCUT2D eigenvalue weighted by Crippen LogP contribution is -2.17. The first-order valence-corrected chi connectivity index (χ1v) is 7.17. The first kappa shape index (κ1) is 13.4. The smallest absolute Gasteiger partial charge is 0.354 e. The van der Waals surface area contributed by atoms with Crippen molar-refractivity contribution in [3.63, 3.8) is 0 Å². The molecule has 18 heavy (non-hydrogen) atoms. The normalized spacial score (nSPS) is 18.9. The quantitative estimate of drug-likeness (QED) is 0.626. The van der Waals surface area contributed by atoms with E-state index in [0.717, 1.165) is 30.3 Å². The van der Waals surface area contributed by atoms with Crippen LogP contribution in [0.15, 0.2) is 28.9 Å². The van der Waals surface area contributed by atoms with Crippen LogP contribution in [0.3, 0.4) is 0 Å². The van der Waals surface area contributed by atoms with Gasteiger partial charge in [0.1, 0.15) is 5.69 Å². The monoisotopic (exact) mass is 311 g/mol. The Morgan fingerprint density at radius 2 is 2.39 bits per heavy atom. The Bertz CT molecular complexity index is 451. The molecule has 0 amide bonds. The van der Waals surface area contributed by atoms with Crippen molar-refractivity contribution >= 4 is 21.9 Å². The Morgan fingerprint density at radius 1 is 1.56 bits per heavy atom. The minimum Gasteiger partial charge on any atom is -0.461 e. The van der Waals surface area contributed by atoms with Crippen LogP contribution in [-0.2, 0) is 11.3 Å². The molecule has 0 aliphatic heterocycles. The second-order valence-electron chi connectivity index (χ2n) is 4.58. The number of esters is 1. The predicted molar refractivity (Wildman–Crippen MR) is 74.6 cm³/mol. The number of carbonyl (C=O) groups excluding carboxylic acids is 1. The first-order chi connectivity index (χ1) is 8.70. The lowest BCUT2D eigenvalue weighted by molar-refractivity contribution is 0.0420. The van der Waals surface area contributed by atoms with Crippen LogP contribution in [-0.4, -0.2) is 17.1 Å². The molecular weight excluding hydrogens is 294 g/mol. The molecule has 0 bridgehead atoms. The molecule has 98 valence electrons. The summed E-state index contributed by atoms with van der Waals surface area (Å²) < 4.78 is 8.22. The molecule has 1 aromatic heterocycles. The fraction of sp³-hybridized carbons (Fsp3) is 0.500. The van der Waals surface area contributed by atoms with Crippen molar-refractivity contribution in [2.45, 2.75) is 32.7 Å². The van der Waals surface area contributed by atoms with Gasteiger partial charge in [-0.05, 0) is 54.1 Å². The summed E-state index contributed by atoms with van der Waals surface area (Å²) in [6.45, 7) is 3.30. The highest BCUT2D eigenvalue weighted by Gasteiger charge is 2.17. The van der Waals surface area contributed by atoms with E-state index in [9.17, 15) is 4.79 Å². The molecule has 0 saturated carbocycles. The van der Waals surface area contributed by atoms with Gasteiger partial charge < -0.3 is 9.30 Å². The van der Waals surface area contributed by atoms with Gasteiger partial charge >= 0.3 is 5.97 Å². The molecule has 1 aromatic rings. The summed E-state index contributed by atoms with van der Waals surface area (Å²) >= 11 is 3.38. The standard InChI is InChI=1S/C14H18BrNO2/c1-2-16-9-12(15)8-13(16)14(17)18-10-11-6-4-3-5-7-11/h3-4,8-9,11H,2,5-7,10H2,1H3. The van der Waals surface area contributed by atoms with Crippen LogP contribution in [0.25, 0.3) is 0 Å². The number of aryl methyl sites for hydroxylation is 1. The maximum atomic E-state index is 12.0. The van der Waals surface area contributed by atoms with Crippen LogP contribution in [0.5, 0.6) is 0 Å². The third kappa shape index (κ3) is 3.25. The Kier molecular flexibility index (Phi) is 4.64. The van der Waals surface area contributed by atoms with Crippen LogP contribution in [0, 0.1) is 5.92 Å². The zero-order valence-electron chi connectivity index (χ0n) is 10.6. The van der Waals surface area contributed by atoms with Gasteiger partial charge in [0.2, 0.25) is 0 Å². The Hall–Kier alpha value is -1.03. The molecule has 0 aromatic carbocycles. The fourth-order valence-electron chi connectivity index (χ4n) is 2.18. The highest BCUT2D eigenvalue weighted by atomic mass is 79.9. The summed E-state index contributed by atoms with van der Waals surface area (Å²) in [6.07, 6.45) is 9.50. The number of rotatable bonds is 4. The number of ether oxygens (including phenoxy) is 1. The number of halogens is 1. The minimum absolute atomic E-state index is 0.225. The summed E-state index contributed by atoms with van der Waals surface area (Å²) in [4.78, 5) is 12.0. The summed E-state index contributed by atoms with van der Waals surface area (Å²) in [5.74, 6) is 0.254. The van der Waals surface area contributed by atoms with Crippen LogP contribution in [0.1, 0.15) is 36.7 Å². The summed E-state index contributed by atoms with van der Waals surface area (Å²) in [5, 5.41) is 0. The molecule has 1 heterocycles. The van der Waals surface area contributed by atoms with E-state index in [1.54, 1.807) is 0 Å². The number of hydrogen-bond donors (Lipinski definition) is 0. The SMILES string of the molecule is CCn1cc(Br)cc1C(=O)OCC1CC=CCC1. The molecule has 1 atom stereocenters. The number of nitrogens with zero attached hydrogens (tertiary/aromatic N) is 1. The van der Waals surface area contributed by atoms with E-state index in [4.69, 9.17) is 4.74 Å². The van der Waals surface area contributed by atoms with Gasteiger partial charge in [-0.1, -0.05) is 12.2 Å². The molecule has 0 saturated heterocycles. The van der Waals surface area contributed by atoms with Crippen molar-refractivity contribution < 1.29 is 9.53 Å². The molecule has 0 fully saturated rings. The van der Waals surface area contributed by atoms with Gasteiger partial charge in [-0.25, -0.2) is 4.79 Å². The molecule has 1 aliphatic rings. The van der Waals surface area contributed by atoms with Crippen molar-refractivity contribution in [3.05, 3.63) is 34.6 Å². The molecule has 1 aliphatic carbocycles. The summed E-state index contributed by atoms with van der Waals surface area (Å²) in [6, 6.07) is 1.81. The van der Waals surface area contributed by atoms with Gasteiger partial charge in [-0.2, -0.15) is 0 Å². The topological polar surface area (TPSA) is 31.2 Å². The Morgan fingerprint density at radius 3 is 3.06 bits per heavy atom. The number of aromatic nitrogens is 1.